The van der Waals surface area contributed by atoms with E-state index < -0.39 is 18.2 Å². The van der Waals surface area contributed by atoms with Crippen LogP contribution in [-0.2, 0) is 0 Å². The van der Waals surface area contributed by atoms with E-state index in [4.69, 9.17) is 16.1 Å². The molecule has 1 aliphatic heterocycles. The fourth-order valence-electron chi connectivity index (χ4n) is 2.70. The van der Waals surface area contributed by atoms with Crippen LogP contribution in [0.1, 0.15) is 17.7 Å². The molecule has 0 bridgehead atoms. The lowest BCUT2D eigenvalue weighted by molar-refractivity contribution is 0.0887. The first kappa shape index (κ1) is 18.3. The summed E-state index contributed by atoms with van der Waals surface area (Å²) >= 11 is 6.03. The molecule has 3 aromatic heterocycles. The topological polar surface area (TPSA) is 77.1 Å². The lowest BCUT2D eigenvalue weighted by atomic mass is 9.98. The van der Waals surface area contributed by atoms with Crippen molar-refractivity contribution in [2.24, 2.45) is 4.99 Å². The van der Waals surface area contributed by atoms with Crippen molar-refractivity contribution in [2.45, 2.75) is 19.3 Å². The van der Waals surface area contributed by atoms with Crippen LogP contribution in [0.5, 0.6) is 0 Å². The summed E-state index contributed by atoms with van der Waals surface area (Å²) in [5.74, 6) is -3.37. The molecule has 4 rings (SSSR count). The summed E-state index contributed by atoms with van der Waals surface area (Å²) < 4.78 is 45.6. The van der Waals surface area contributed by atoms with Crippen molar-refractivity contribution in [2.75, 3.05) is 0 Å². The smallest absolute Gasteiger partial charge is 0.287 e. The average molecular weight is 406 g/mol. The number of allylic oxidation sites excluding steroid dienone is 1. The van der Waals surface area contributed by atoms with E-state index in [2.05, 4.69) is 25.1 Å². The van der Waals surface area contributed by atoms with Crippen molar-refractivity contribution < 1.29 is 17.7 Å². The second-order valence-corrected chi connectivity index (χ2v) is 6.49. The molecule has 0 spiro atoms. The summed E-state index contributed by atoms with van der Waals surface area (Å²) in [5.41, 5.74) is 1.79. The molecule has 0 saturated heterocycles. The molecule has 0 saturated carbocycles. The number of halogens is 4. The van der Waals surface area contributed by atoms with E-state index in [-0.39, 0.29) is 22.4 Å². The molecule has 28 heavy (non-hydrogen) atoms. The van der Waals surface area contributed by atoms with Gasteiger partial charge in [-0.2, -0.15) is 13.8 Å². The first-order valence-electron chi connectivity index (χ1n) is 8.07. The molecular formula is C18H11ClF3N5O. The molecule has 1 aliphatic rings. The highest BCUT2D eigenvalue weighted by molar-refractivity contribution is 6.33. The lowest BCUT2D eigenvalue weighted by Gasteiger charge is -2.19. The quantitative estimate of drug-likeness (QED) is 0.592. The van der Waals surface area contributed by atoms with Crippen LogP contribution in [0.2, 0.25) is 0 Å². The van der Waals surface area contributed by atoms with Crippen LogP contribution >= 0.6 is 11.6 Å². The Hall–Kier alpha value is -3.07. The molecule has 4 heterocycles. The van der Waals surface area contributed by atoms with Crippen LogP contribution in [-0.4, -0.2) is 32.2 Å². The van der Waals surface area contributed by atoms with Crippen LogP contribution in [0.25, 0.3) is 28.7 Å². The fourth-order valence-corrected chi connectivity index (χ4v) is 2.92. The highest BCUT2D eigenvalue weighted by Crippen LogP contribution is 2.37. The Morgan fingerprint density at radius 1 is 1.14 bits per heavy atom. The Morgan fingerprint density at radius 3 is 2.71 bits per heavy atom. The minimum Gasteiger partial charge on any atom is -0.332 e. The number of nitrogens with zero attached hydrogens (tertiary/aromatic N) is 5. The molecule has 10 heteroatoms. The molecule has 0 atom stereocenters. The normalized spacial score (nSPS) is 15.9. The zero-order valence-corrected chi connectivity index (χ0v) is 15.1. The Kier molecular flexibility index (Phi) is 4.46. The SMILES string of the molecule is Cc1cc(C2=C(Cl)N=CC(F)(F)C2)cc(-c2noc(-c3ccc(F)cn3)n2)n1. The van der Waals surface area contributed by atoms with Crippen LogP contribution in [0.15, 0.2) is 45.1 Å². The number of aryl methyl sites for hydroxylation is 1. The highest BCUT2D eigenvalue weighted by atomic mass is 35.5. The van der Waals surface area contributed by atoms with Gasteiger partial charge in [0.2, 0.25) is 5.82 Å². The highest BCUT2D eigenvalue weighted by Gasteiger charge is 2.33. The number of hydrogen-bond acceptors (Lipinski definition) is 6. The van der Waals surface area contributed by atoms with E-state index in [0.29, 0.717) is 28.9 Å². The third kappa shape index (κ3) is 3.65. The van der Waals surface area contributed by atoms with Crippen LogP contribution in [0.4, 0.5) is 13.2 Å². The molecule has 6 nitrogen and oxygen atoms in total. The first-order chi connectivity index (χ1) is 13.3. The number of alkyl halides is 2. The third-order valence-corrected chi connectivity index (χ3v) is 4.26. The maximum absolute atomic E-state index is 13.7. The zero-order chi connectivity index (χ0) is 19.9. The Labute approximate surface area is 161 Å². The van der Waals surface area contributed by atoms with E-state index in [0.717, 1.165) is 6.20 Å². The van der Waals surface area contributed by atoms with E-state index in [1.54, 1.807) is 13.0 Å². The number of pyridine rings is 2. The maximum Gasteiger partial charge on any atom is 0.287 e. The van der Waals surface area contributed by atoms with Crippen molar-refractivity contribution >= 4 is 23.4 Å². The molecule has 3 aromatic rings. The molecular weight excluding hydrogens is 395 g/mol. The van der Waals surface area contributed by atoms with Crippen LogP contribution < -0.4 is 0 Å². The number of rotatable bonds is 3. The fraction of sp³-hybridized carbons (Fsp3) is 0.167. The first-order valence-corrected chi connectivity index (χ1v) is 8.45. The van der Waals surface area contributed by atoms with Crippen molar-refractivity contribution in [1.29, 1.82) is 0 Å². The predicted molar refractivity (Wildman–Crippen MR) is 96.3 cm³/mol. The number of aromatic nitrogens is 4. The minimum atomic E-state index is -3.08. The summed E-state index contributed by atoms with van der Waals surface area (Å²) in [7, 11) is 0. The molecule has 0 aromatic carbocycles. The molecule has 142 valence electrons. The predicted octanol–water partition coefficient (Wildman–Crippen LogP) is 4.66. The Bertz CT molecular complexity index is 1110. The molecule has 0 N–H and O–H groups in total. The van der Waals surface area contributed by atoms with Crippen molar-refractivity contribution in [3.63, 3.8) is 0 Å². The Balaban J connectivity index is 1.72. The second kappa shape index (κ2) is 6.83. The maximum atomic E-state index is 13.7. The summed E-state index contributed by atoms with van der Waals surface area (Å²) in [4.78, 5) is 16.0. The monoisotopic (exact) mass is 405 g/mol. The summed E-state index contributed by atoms with van der Waals surface area (Å²) in [6, 6.07) is 5.77. The van der Waals surface area contributed by atoms with Gasteiger partial charge in [-0.15, -0.1) is 0 Å². The summed E-state index contributed by atoms with van der Waals surface area (Å²) in [5, 5.41) is 3.84. The van der Waals surface area contributed by atoms with Crippen molar-refractivity contribution in [3.05, 3.63) is 52.7 Å². The standard InChI is InChI=1S/C18H11ClF3N5O/c1-9-4-10(12-6-18(21,22)8-24-15(12)19)5-14(25-9)16-26-17(28-27-16)13-3-2-11(20)7-23-13/h2-5,7-8H,6H2,1H3. The van der Waals surface area contributed by atoms with Gasteiger partial charge in [-0.3, -0.25) is 0 Å². The van der Waals surface area contributed by atoms with Gasteiger partial charge < -0.3 is 4.52 Å². The van der Waals surface area contributed by atoms with E-state index in [9.17, 15) is 13.2 Å². The molecule has 0 amide bonds. The van der Waals surface area contributed by atoms with Crippen molar-refractivity contribution in [1.82, 2.24) is 20.1 Å². The second-order valence-electron chi connectivity index (χ2n) is 6.13. The van der Waals surface area contributed by atoms with Gasteiger partial charge in [-0.25, -0.2) is 19.4 Å². The third-order valence-electron chi connectivity index (χ3n) is 3.93. The van der Waals surface area contributed by atoms with Gasteiger partial charge in [0.25, 0.3) is 11.8 Å². The van der Waals surface area contributed by atoms with E-state index in [1.165, 1.54) is 18.2 Å². The lowest BCUT2D eigenvalue weighted by Crippen LogP contribution is -2.21. The van der Waals surface area contributed by atoms with Gasteiger partial charge in [0.05, 0.1) is 12.4 Å². The van der Waals surface area contributed by atoms with Gasteiger partial charge in [0.1, 0.15) is 22.4 Å². The zero-order valence-electron chi connectivity index (χ0n) is 14.3. The van der Waals surface area contributed by atoms with Gasteiger partial charge in [0, 0.05) is 17.7 Å². The number of aliphatic imine (C=N–C) groups is 1. The van der Waals surface area contributed by atoms with Crippen molar-refractivity contribution in [3.8, 4) is 23.1 Å². The molecule has 0 radical (unpaired) electrons. The van der Waals surface area contributed by atoms with Crippen LogP contribution in [0, 0.1) is 12.7 Å². The largest absolute Gasteiger partial charge is 0.332 e. The van der Waals surface area contributed by atoms with E-state index in [1.807, 2.05) is 0 Å². The average Bonchev–Trinajstić information content (AvgIpc) is 3.14. The van der Waals surface area contributed by atoms with Gasteiger partial charge in [-0.1, -0.05) is 16.8 Å². The molecule has 0 fully saturated rings. The molecule has 0 aliphatic carbocycles. The van der Waals surface area contributed by atoms with Gasteiger partial charge in [-0.05, 0) is 36.8 Å². The van der Waals surface area contributed by atoms with E-state index >= 15 is 0 Å². The van der Waals surface area contributed by atoms with Gasteiger partial charge >= 0.3 is 0 Å². The van der Waals surface area contributed by atoms with Gasteiger partial charge in [0.15, 0.2) is 0 Å². The Morgan fingerprint density at radius 2 is 1.96 bits per heavy atom. The van der Waals surface area contributed by atoms with Crippen LogP contribution in [0.3, 0.4) is 0 Å². The molecule has 0 unspecified atom stereocenters. The number of hydrogen-bond donors (Lipinski definition) is 0. The summed E-state index contributed by atoms with van der Waals surface area (Å²) in [6.45, 7) is 1.70. The summed E-state index contributed by atoms with van der Waals surface area (Å²) in [6.07, 6.45) is 0.991. The minimum absolute atomic E-state index is 0.00760.